The maximum atomic E-state index is 7.69. The molecule has 0 radical (unpaired) electrons. The van der Waals surface area contributed by atoms with Gasteiger partial charge in [0.25, 0.3) is 0 Å². The van der Waals surface area contributed by atoms with Crippen molar-refractivity contribution in [1.82, 2.24) is 9.05 Å². The molecule has 0 atom stereocenters. The van der Waals surface area contributed by atoms with Gasteiger partial charge in [-0.05, 0) is 121 Å². The van der Waals surface area contributed by atoms with E-state index in [2.05, 4.69) is 267 Å². The van der Waals surface area contributed by atoms with Gasteiger partial charge in [-0.2, -0.15) is 0 Å². The maximum absolute atomic E-state index is 7.69. The Labute approximate surface area is 431 Å². The van der Waals surface area contributed by atoms with Crippen LogP contribution >= 0.6 is 0 Å². The smallest absolute Gasteiger partial charge is 0.337 e. The van der Waals surface area contributed by atoms with E-state index in [1.54, 1.807) is 0 Å². The second kappa shape index (κ2) is 15.5. The van der Waals surface area contributed by atoms with Crippen molar-refractivity contribution >= 4 is 78.6 Å². The molecule has 2 aliphatic heterocycles. The fourth-order valence-corrected chi connectivity index (χ4v) is 12.2. The van der Waals surface area contributed by atoms with Crippen LogP contribution in [-0.4, -0.2) is 15.9 Å². The molecular weight excluding hydrogens is 886 g/mol. The highest BCUT2D eigenvalue weighted by Gasteiger charge is 2.48. The van der Waals surface area contributed by atoms with E-state index in [-0.39, 0.29) is 28.5 Å². The monoisotopic (exact) mass is 950 g/mol. The van der Waals surface area contributed by atoms with Crippen molar-refractivity contribution < 1.29 is 4.42 Å². The molecule has 4 nitrogen and oxygen atoms in total. The fraction of sp³-hybridized carbons (Fsp3) is 0.235. The van der Waals surface area contributed by atoms with E-state index in [9.17, 15) is 0 Å². The van der Waals surface area contributed by atoms with Gasteiger partial charge in [0.05, 0.1) is 11.0 Å². The molecule has 5 heteroatoms. The van der Waals surface area contributed by atoms with Gasteiger partial charge in [-0.25, -0.2) is 0 Å². The standard InChI is InChI=1S/C68H64BN3O/c1-65(2,3)43-28-32-48(33-29-43)71-56-39-46(68(10,11)12)38-49-50-40-55-58(51-36-44(66(4,5)6)30-34-53(51)70(55)47-26-20-15-21-27-47)59-52-37-45(67(7,8)9)31-35-54(52)72(62(50)59)69(60(49)56)61-57(41-22-16-13-17-23-41)63(73-64(61)71)42-24-18-14-19-25-42/h13-40H,1-12H3. The zero-order valence-corrected chi connectivity index (χ0v) is 44.5. The SMILES string of the molecule is CC(C)(C)c1ccc(N2c3cc(C(C)(C)C)cc4c3B(c3c2oc(-c2ccccc2)c3-c2ccccc2)n2c3ccc(C(C)(C)C)cc3c3c5c6cc(C(C)(C)C)ccc6n(-c6ccccc6)c5cc-4c32)cc1. The summed E-state index contributed by atoms with van der Waals surface area (Å²) in [7, 11) is 0. The first-order valence-electron chi connectivity index (χ1n) is 26.3. The molecule has 8 aromatic carbocycles. The lowest BCUT2D eigenvalue weighted by Crippen LogP contribution is -2.56. The molecule has 3 aromatic heterocycles. The van der Waals surface area contributed by atoms with Crippen LogP contribution in [0.25, 0.3) is 82.9 Å². The average Bonchev–Trinajstić information content (AvgIpc) is 4.04. The molecule has 0 saturated heterocycles. The van der Waals surface area contributed by atoms with Crippen molar-refractivity contribution in [3.05, 3.63) is 192 Å². The van der Waals surface area contributed by atoms with Gasteiger partial charge < -0.3 is 13.5 Å². The summed E-state index contributed by atoms with van der Waals surface area (Å²) in [4.78, 5) is 2.46. The molecule has 0 amide bonds. The molecule has 0 bridgehead atoms. The van der Waals surface area contributed by atoms with Gasteiger partial charge in [-0.15, -0.1) is 0 Å². The van der Waals surface area contributed by atoms with Gasteiger partial charge in [0.1, 0.15) is 5.76 Å². The summed E-state index contributed by atoms with van der Waals surface area (Å²) < 4.78 is 13.0. The molecule has 2 aliphatic rings. The molecule has 73 heavy (non-hydrogen) atoms. The summed E-state index contributed by atoms with van der Waals surface area (Å²) in [6.07, 6.45) is 0. The molecule has 0 spiro atoms. The Kier molecular flexibility index (Phi) is 9.64. The molecular formula is C68H64BN3O. The number of anilines is 3. The molecule has 0 unspecified atom stereocenters. The van der Waals surface area contributed by atoms with Crippen LogP contribution in [0.15, 0.2) is 174 Å². The number of para-hydroxylation sites is 1. The third kappa shape index (κ3) is 6.80. The van der Waals surface area contributed by atoms with Crippen LogP contribution in [-0.2, 0) is 21.7 Å². The highest BCUT2D eigenvalue weighted by molar-refractivity contribution is 6.91. The Morgan fingerprint density at radius 3 is 1.53 bits per heavy atom. The Balaban J connectivity index is 1.28. The third-order valence-electron chi connectivity index (χ3n) is 16.1. The summed E-state index contributed by atoms with van der Waals surface area (Å²) in [5.74, 6) is 1.74. The maximum Gasteiger partial charge on any atom is 0.337 e. The molecule has 360 valence electrons. The summed E-state index contributed by atoms with van der Waals surface area (Å²) in [5, 5.41) is 5.17. The van der Waals surface area contributed by atoms with E-state index in [1.807, 2.05) is 0 Å². The molecule has 0 fully saturated rings. The number of hydrogen-bond donors (Lipinski definition) is 0. The molecule has 11 aromatic rings. The lowest BCUT2D eigenvalue weighted by Gasteiger charge is -2.39. The largest absolute Gasteiger partial charge is 0.440 e. The van der Waals surface area contributed by atoms with Gasteiger partial charge in [-0.1, -0.05) is 192 Å². The molecule has 0 aliphatic carbocycles. The van der Waals surface area contributed by atoms with Gasteiger partial charge in [0.15, 0.2) is 0 Å². The lowest BCUT2D eigenvalue weighted by atomic mass is 9.44. The van der Waals surface area contributed by atoms with Crippen LogP contribution < -0.4 is 15.8 Å². The second-order valence-electron chi connectivity index (χ2n) is 25.0. The lowest BCUT2D eigenvalue weighted by molar-refractivity contribution is 0.585. The van der Waals surface area contributed by atoms with Crippen LogP contribution in [0, 0.1) is 0 Å². The summed E-state index contributed by atoms with van der Waals surface area (Å²) >= 11 is 0. The molecule has 13 rings (SSSR count). The van der Waals surface area contributed by atoms with Crippen molar-refractivity contribution in [1.29, 1.82) is 0 Å². The van der Waals surface area contributed by atoms with Crippen molar-refractivity contribution in [3.8, 4) is 39.3 Å². The van der Waals surface area contributed by atoms with Gasteiger partial charge >= 0.3 is 6.85 Å². The van der Waals surface area contributed by atoms with Crippen LogP contribution in [0.2, 0.25) is 0 Å². The number of benzene rings is 8. The molecule has 0 saturated carbocycles. The van der Waals surface area contributed by atoms with Crippen molar-refractivity contribution in [2.45, 2.75) is 105 Å². The number of nitrogens with zero attached hydrogens (tertiary/aromatic N) is 3. The predicted molar refractivity (Wildman–Crippen MR) is 312 cm³/mol. The quantitative estimate of drug-likeness (QED) is 0.164. The first-order chi connectivity index (χ1) is 34.8. The van der Waals surface area contributed by atoms with E-state index < -0.39 is 0 Å². The van der Waals surface area contributed by atoms with Crippen molar-refractivity contribution in [2.75, 3.05) is 4.90 Å². The summed E-state index contributed by atoms with van der Waals surface area (Å²) in [6, 6.07) is 64.2. The van der Waals surface area contributed by atoms with Gasteiger partial charge in [0.2, 0.25) is 5.88 Å². The van der Waals surface area contributed by atoms with Crippen LogP contribution in [0.1, 0.15) is 105 Å². The first kappa shape index (κ1) is 45.4. The zero-order valence-electron chi connectivity index (χ0n) is 44.5. The third-order valence-corrected chi connectivity index (χ3v) is 16.1. The Morgan fingerprint density at radius 1 is 0.411 bits per heavy atom. The predicted octanol–water partition coefficient (Wildman–Crippen LogP) is 17.4. The van der Waals surface area contributed by atoms with Gasteiger partial charge in [0, 0.05) is 71.8 Å². The minimum atomic E-state index is -0.242. The summed E-state index contributed by atoms with van der Waals surface area (Å²) in [5.41, 5.74) is 21.5. The Bertz CT molecular complexity index is 4030. The number of aromatic nitrogens is 2. The first-order valence-corrected chi connectivity index (χ1v) is 26.3. The van der Waals surface area contributed by atoms with E-state index in [0.29, 0.717) is 0 Å². The minimum Gasteiger partial charge on any atom is -0.440 e. The Morgan fingerprint density at radius 2 is 0.945 bits per heavy atom. The minimum absolute atomic E-state index is 0.00702. The van der Waals surface area contributed by atoms with Crippen LogP contribution in [0.4, 0.5) is 17.3 Å². The number of rotatable bonds is 4. The van der Waals surface area contributed by atoms with E-state index in [4.69, 9.17) is 4.42 Å². The van der Waals surface area contributed by atoms with Crippen LogP contribution in [0.5, 0.6) is 0 Å². The topological polar surface area (TPSA) is 26.2 Å². The number of hydrogen-bond acceptors (Lipinski definition) is 2. The highest BCUT2D eigenvalue weighted by atomic mass is 16.4. The van der Waals surface area contributed by atoms with E-state index in [1.165, 1.54) is 87.9 Å². The number of furan rings is 1. The van der Waals surface area contributed by atoms with E-state index >= 15 is 0 Å². The Hall–Kier alpha value is -7.50. The zero-order chi connectivity index (χ0) is 50.7. The molecule has 0 N–H and O–H groups in total. The van der Waals surface area contributed by atoms with Crippen molar-refractivity contribution in [2.24, 2.45) is 0 Å². The number of fused-ring (bicyclic) bond motifs is 11. The summed E-state index contributed by atoms with van der Waals surface area (Å²) in [6.45, 7) is 27.7. The van der Waals surface area contributed by atoms with Crippen LogP contribution in [0.3, 0.4) is 0 Å². The van der Waals surface area contributed by atoms with E-state index in [0.717, 1.165) is 45.4 Å². The second-order valence-corrected chi connectivity index (χ2v) is 25.0. The van der Waals surface area contributed by atoms with Crippen molar-refractivity contribution in [3.63, 3.8) is 0 Å². The van der Waals surface area contributed by atoms with Gasteiger partial charge in [-0.3, -0.25) is 4.90 Å². The normalized spacial score (nSPS) is 13.7. The highest BCUT2D eigenvalue weighted by Crippen LogP contribution is 2.53. The fourth-order valence-electron chi connectivity index (χ4n) is 12.2. The molecule has 5 heterocycles. The average molecular weight is 950 g/mol.